The SMILES string of the molecule is CC/C=C\C/C=C\C/C=C\C/C=C\C/C=C\C/C=C\C/C=C\CCCC(=O)OC(COC(=O)CCCCCCCC/C=C\C/C=C\C/C=C\C/C=C\C/C=C\C/C=C\CC)COP(=O)([O-])OCC[N+](C)(C)C. The van der Waals surface area contributed by atoms with Crippen LogP contribution in [0.1, 0.15) is 168 Å². The number of phosphoric acid groups is 1. The summed E-state index contributed by atoms with van der Waals surface area (Å²) >= 11 is 0. The van der Waals surface area contributed by atoms with Crippen LogP contribution < -0.4 is 4.89 Å². The number of hydrogen-bond acceptors (Lipinski definition) is 8. The number of esters is 2. The molecule has 0 aromatic heterocycles. The summed E-state index contributed by atoms with van der Waals surface area (Å²) in [4.78, 5) is 37.8. The summed E-state index contributed by atoms with van der Waals surface area (Å²) in [6.45, 7) is 3.89. The summed E-state index contributed by atoms with van der Waals surface area (Å²) in [6, 6.07) is 0. The first-order chi connectivity index (χ1) is 35.0. The highest BCUT2D eigenvalue weighted by Gasteiger charge is 2.21. The molecule has 0 saturated carbocycles. The summed E-state index contributed by atoms with van der Waals surface area (Å²) in [5, 5.41) is 0. The second kappa shape index (κ2) is 51.5. The average molecular weight is 1020 g/mol. The number of unbranched alkanes of at least 4 members (excludes halogenated alkanes) is 7. The molecule has 0 radical (unpaired) electrons. The zero-order valence-electron chi connectivity index (χ0n) is 45.5. The van der Waals surface area contributed by atoms with E-state index < -0.39 is 32.5 Å². The van der Waals surface area contributed by atoms with Crippen LogP contribution in [0.15, 0.2) is 158 Å². The quantitative estimate of drug-likeness (QED) is 0.0195. The molecule has 0 aliphatic carbocycles. The molecule has 0 fully saturated rings. The molecule has 10 heteroatoms. The van der Waals surface area contributed by atoms with Gasteiger partial charge in [0.2, 0.25) is 0 Å². The Labute approximate surface area is 439 Å². The maximum absolute atomic E-state index is 12.8. The van der Waals surface area contributed by atoms with Gasteiger partial charge in [-0.1, -0.05) is 198 Å². The minimum atomic E-state index is -4.67. The van der Waals surface area contributed by atoms with Gasteiger partial charge >= 0.3 is 11.9 Å². The summed E-state index contributed by atoms with van der Waals surface area (Å²) in [7, 11) is 1.09. The number of allylic oxidation sites excluding steroid dienone is 26. The Balaban J connectivity index is 4.40. The smallest absolute Gasteiger partial charge is 0.306 e. The van der Waals surface area contributed by atoms with Crippen molar-refractivity contribution < 1.29 is 42.1 Å². The van der Waals surface area contributed by atoms with Crippen LogP contribution in [0.4, 0.5) is 0 Å². The lowest BCUT2D eigenvalue weighted by molar-refractivity contribution is -0.870. The van der Waals surface area contributed by atoms with Gasteiger partial charge in [0.25, 0.3) is 7.82 Å². The van der Waals surface area contributed by atoms with Crippen LogP contribution in [-0.4, -0.2) is 70.0 Å². The molecule has 0 bridgehead atoms. The van der Waals surface area contributed by atoms with Crippen molar-refractivity contribution in [3.8, 4) is 0 Å². The van der Waals surface area contributed by atoms with Crippen LogP contribution in [0.2, 0.25) is 0 Å². The normalized spacial score (nSPS) is 14.6. The van der Waals surface area contributed by atoms with Gasteiger partial charge in [0, 0.05) is 12.8 Å². The molecule has 0 heterocycles. The number of hydrogen-bond donors (Lipinski definition) is 0. The van der Waals surface area contributed by atoms with Crippen molar-refractivity contribution in [2.75, 3.05) is 47.5 Å². The number of likely N-dealkylation sites (N-methyl/N-ethyl adjacent to an activating group) is 1. The number of carbonyl (C=O) groups is 2. The molecule has 0 aromatic carbocycles. The predicted octanol–water partition coefficient (Wildman–Crippen LogP) is 16.3. The molecule has 0 rings (SSSR count). The molecule has 404 valence electrons. The van der Waals surface area contributed by atoms with Crippen molar-refractivity contribution in [1.29, 1.82) is 0 Å². The van der Waals surface area contributed by atoms with Gasteiger partial charge in [-0.25, -0.2) is 0 Å². The molecule has 2 atom stereocenters. The van der Waals surface area contributed by atoms with E-state index in [2.05, 4.69) is 166 Å². The summed E-state index contributed by atoms with van der Waals surface area (Å²) in [5.41, 5.74) is 0. The maximum atomic E-state index is 12.8. The third kappa shape index (κ3) is 55.0. The van der Waals surface area contributed by atoms with Crippen LogP contribution in [0, 0.1) is 0 Å². The fourth-order valence-electron chi connectivity index (χ4n) is 6.41. The van der Waals surface area contributed by atoms with Crippen molar-refractivity contribution in [1.82, 2.24) is 0 Å². The molecule has 2 unspecified atom stereocenters. The Morgan fingerprint density at radius 3 is 1.15 bits per heavy atom. The number of carbonyl (C=O) groups excluding carboxylic acids is 2. The Bertz CT molecular complexity index is 1770. The van der Waals surface area contributed by atoms with Gasteiger partial charge in [0.05, 0.1) is 27.7 Å². The third-order valence-electron chi connectivity index (χ3n) is 10.5. The molecule has 0 aromatic rings. The van der Waals surface area contributed by atoms with Crippen LogP contribution in [0.3, 0.4) is 0 Å². The van der Waals surface area contributed by atoms with Crippen molar-refractivity contribution in [3.63, 3.8) is 0 Å². The Kier molecular flexibility index (Phi) is 48.4. The molecule has 0 aliphatic heterocycles. The minimum Gasteiger partial charge on any atom is -0.756 e. The highest BCUT2D eigenvalue weighted by Crippen LogP contribution is 2.38. The molecular formula is C62H98NO8P. The van der Waals surface area contributed by atoms with E-state index in [0.717, 1.165) is 122 Å². The van der Waals surface area contributed by atoms with E-state index in [1.54, 1.807) is 0 Å². The maximum Gasteiger partial charge on any atom is 0.306 e. The summed E-state index contributed by atoms with van der Waals surface area (Å²) < 4.78 is 34.0. The fraction of sp³-hybridized carbons (Fsp3) is 0.548. The highest BCUT2D eigenvalue weighted by molar-refractivity contribution is 7.45. The Morgan fingerprint density at radius 1 is 0.431 bits per heavy atom. The van der Waals surface area contributed by atoms with E-state index in [9.17, 15) is 19.0 Å². The topological polar surface area (TPSA) is 111 Å². The van der Waals surface area contributed by atoms with Gasteiger partial charge < -0.3 is 27.9 Å². The first kappa shape index (κ1) is 67.6. The highest BCUT2D eigenvalue weighted by atomic mass is 31.2. The number of quaternary nitrogens is 1. The summed E-state index contributed by atoms with van der Waals surface area (Å²) in [5.74, 6) is -0.937. The van der Waals surface area contributed by atoms with Crippen LogP contribution in [0.5, 0.6) is 0 Å². The lowest BCUT2D eigenvalue weighted by Crippen LogP contribution is -2.37. The molecular weight excluding hydrogens is 918 g/mol. The zero-order valence-corrected chi connectivity index (χ0v) is 46.4. The van der Waals surface area contributed by atoms with E-state index in [4.69, 9.17) is 18.5 Å². The lowest BCUT2D eigenvalue weighted by Gasteiger charge is -2.28. The van der Waals surface area contributed by atoms with E-state index in [-0.39, 0.29) is 26.1 Å². The standard InChI is InChI=1S/C62H98NO8P/c1-6-8-10-12-14-16-18-20-22-24-26-28-30-31-33-34-36-38-40-42-44-46-48-50-52-54-61(64)68-58-60(59-70-72(66,67)69-57-56-63(3,4)5)71-62(65)55-53-51-49-47-45-43-41-39-37-35-32-29-27-25-23-21-19-17-15-13-11-9-7-2/h8-11,14-17,20-23,26-29,31,33,35-38,41,43,47,49,60H,6-7,12-13,18-19,24-25,30,32,34,39-40,42,44-46,48,50-59H2,1-5H3/b10-8-,11-9-,16-14-,17-15-,22-20-,23-21-,28-26-,29-27-,33-31-,37-35-,38-36-,43-41-,49-47-. The summed E-state index contributed by atoms with van der Waals surface area (Å²) in [6.07, 6.45) is 77.1. The molecule has 9 nitrogen and oxygen atoms in total. The Hall–Kier alpha value is -4.37. The van der Waals surface area contributed by atoms with Crippen molar-refractivity contribution in [3.05, 3.63) is 158 Å². The predicted molar refractivity (Wildman–Crippen MR) is 304 cm³/mol. The molecule has 0 amide bonds. The van der Waals surface area contributed by atoms with Crippen LogP contribution in [0.25, 0.3) is 0 Å². The number of ether oxygens (including phenoxy) is 2. The zero-order chi connectivity index (χ0) is 52.7. The Morgan fingerprint density at radius 2 is 0.764 bits per heavy atom. The van der Waals surface area contributed by atoms with Crippen LogP contribution >= 0.6 is 7.82 Å². The molecule has 0 aliphatic rings. The number of rotatable bonds is 47. The molecule has 0 spiro atoms. The minimum absolute atomic E-state index is 0.0548. The largest absolute Gasteiger partial charge is 0.756 e. The van der Waals surface area contributed by atoms with E-state index in [1.807, 2.05) is 27.2 Å². The van der Waals surface area contributed by atoms with Gasteiger partial charge in [0.1, 0.15) is 19.8 Å². The van der Waals surface area contributed by atoms with Gasteiger partial charge in [0.15, 0.2) is 6.10 Å². The lowest BCUT2D eigenvalue weighted by atomic mass is 10.1. The molecule has 0 N–H and O–H groups in total. The second-order valence-corrected chi connectivity index (χ2v) is 19.9. The molecule has 72 heavy (non-hydrogen) atoms. The van der Waals surface area contributed by atoms with Crippen molar-refractivity contribution in [2.45, 2.75) is 174 Å². The third-order valence-corrected chi connectivity index (χ3v) is 11.5. The van der Waals surface area contributed by atoms with Gasteiger partial charge in [-0.3, -0.25) is 14.2 Å². The fourth-order valence-corrected chi connectivity index (χ4v) is 7.14. The average Bonchev–Trinajstić information content (AvgIpc) is 3.34. The second-order valence-electron chi connectivity index (χ2n) is 18.5. The molecule has 0 saturated heterocycles. The van der Waals surface area contributed by atoms with Gasteiger partial charge in [-0.2, -0.15) is 0 Å². The number of nitrogens with zero attached hydrogens (tertiary/aromatic N) is 1. The van der Waals surface area contributed by atoms with Gasteiger partial charge in [-0.15, -0.1) is 0 Å². The van der Waals surface area contributed by atoms with Gasteiger partial charge in [-0.05, 0) is 116 Å². The van der Waals surface area contributed by atoms with Crippen molar-refractivity contribution >= 4 is 19.8 Å². The first-order valence-corrected chi connectivity index (χ1v) is 28.7. The van der Waals surface area contributed by atoms with E-state index >= 15 is 0 Å². The monoisotopic (exact) mass is 1020 g/mol. The van der Waals surface area contributed by atoms with E-state index in [1.165, 1.54) is 0 Å². The van der Waals surface area contributed by atoms with Crippen LogP contribution in [-0.2, 0) is 32.7 Å². The van der Waals surface area contributed by atoms with E-state index in [0.29, 0.717) is 30.3 Å². The number of phosphoric ester groups is 1. The first-order valence-electron chi connectivity index (χ1n) is 27.2. The van der Waals surface area contributed by atoms with Crippen molar-refractivity contribution in [2.24, 2.45) is 0 Å².